The van der Waals surface area contributed by atoms with E-state index in [2.05, 4.69) is 31.9 Å². The summed E-state index contributed by atoms with van der Waals surface area (Å²) in [4.78, 5) is 36.6. The van der Waals surface area contributed by atoms with Crippen LogP contribution in [0, 0.1) is 0 Å². The fourth-order valence-electron chi connectivity index (χ4n) is 2.36. The van der Waals surface area contributed by atoms with Crippen LogP contribution >= 0.6 is 27.5 Å². The molecule has 6 nitrogen and oxygen atoms in total. The van der Waals surface area contributed by atoms with E-state index in [0.717, 1.165) is 4.47 Å². The molecule has 0 saturated carbocycles. The maximum absolute atomic E-state index is 12.3. The van der Waals surface area contributed by atoms with Gasteiger partial charge in [-0.25, -0.2) is 0 Å². The van der Waals surface area contributed by atoms with Gasteiger partial charge in [0.15, 0.2) is 0 Å². The SMILES string of the molecule is CC(C)NC(=O)c1ccc(Cl)cc1NC(=O)CCNC(=O)c1ccc(Br)cc1. The molecule has 28 heavy (non-hydrogen) atoms. The van der Waals surface area contributed by atoms with E-state index in [4.69, 9.17) is 11.6 Å². The van der Waals surface area contributed by atoms with Crippen molar-refractivity contribution >= 4 is 50.9 Å². The number of amides is 3. The molecule has 0 unspecified atom stereocenters. The van der Waals surface area contributed by atoms with E-state index in [1.807, 2.05) is 13.8 Å². The van der Waals surface area contributed by atoms with Gasteiger partial charge in [-0.1, -0.05) is 27.5 Å². The van der Waals surface area contributed by atoms with Gasteiger partial charge in [-0.3, -0.25) is 14.4 Å². The van der Waals surface area contributed by atoms with Crippen molar-refractivity contribution < 1.29 is 14.4 Å². The number of carbonyl (C=O) groups is 3. The molecular weight excluding hydrogens is 446 g/mol. The minimum absolute atomic E-state index is 0.0412. The molecule has 0 fully saturated rings. The van der Waals surface area contributed by atoms with Crippen LogP contribution < -0.4 is 16.0 Å². The van der Waals surface area contributed by atoms with Crippen molar-refractivity contribution in [2.24, 2.45) is 0 Å². The van der Waals surface area contributed by atoms with Crippen molar-refractivity contribution in [2.75, 3.05) is 11.9 Å². The maximum Gasteiger partial charge on any atom is 0.253 e. The predicted molar refractivity (Wildman–Crippen MR) is 114 cm³/mol. The van der Waals surface area contributed by atoms with Crippen LogP contribution in [0.3, 0.4) is 0 Å². The number of hydrogen-bond donors (Lipinski definition) is 3. The molecule has 2 aromatic carbocycles. The Kier molecular flexibility index (Phi) is 8.02. The van der Waals surface area contributed by atoms with E-state index in [1.54, 1.807) is 36.4 Å². The second kappa shape index (κ2) is 10.2. The lowest BCUT2D eigenvalue weighted by Gasteiger charge is -2.14. The molecule has 148 valence electrons. The standard InChI is InChI=1S/C20H21BrClN3O3/c1-12(2)24-20(28)16-8-7-15(22)11-17(16)25-18(26)9-10-23-19(27)13-3-5-14(21)6-4-13/h3-8,11-12H,9-10H2,1-2H3,(H,23,27)(H,24,28)(H,25,26). The van der Waals surface area contributed by atoms with Gasteiger partial charge in [-0.2, -0.15) is 0 Å². The number of nitrogens with one attached hydrogen (secondary N) is 3. The van der Waals surface area contributed by atoms with Crippen LogP contribution in [0.2, 0.25) is 5.02 Å². The van der Waals surface area contributed by atoms with Crippen LogP contribution in [0.4, 0.5) is 5.69 Å². The molecule has 0 bridgehead atoms. The number of carbonyl (C=O) groups excluding carboxylic acids is 3. The topological polar surface area (TPSA) is 87.3 Å². The Labute approximate surface area is 177 Å². The summed E-state index contributed by atoms with van der Waals surface area (Å²) in [7, 11) is 0. The van der Waals surface area contributed by atoms with E-state index in [1.165, 1.54) is 6.07 Å². The Morgan fingerprint density at radius 3 is 2.36 bits per heavy atom. The summed E-state index contributed by atoms with van der Waals surface area (Å²) < 4.78 is 0.877. The molecule has 2 rings (SSSR count). The zero-order chi connectivity index (χ0) is 20.7. The van der Waals surface area contributed by atoms with E-state index in [0.29, 0.717) is 21.8 Å². The average Bonchev–Trinajstić information content (AvgIpc) is 2.61. The van der Waals surface area contributed by atoms with Crippen molar-refractivity contribution in [3.63, 3.8) is 0 Å². The van der Waals surface area contributed by atoms with Crippen LogP contribution in [0.15, 0.2) is 46.9 Å². The molecule has 2 aromatic rings. The lowest BCUT2D eigenvalue weighted by molar-refractivity contribution is -0.116. The van der Waals surface area contributed by atoms with Crippen molar-refractivity contribution in [2.45, 2.75) is 26.3 Å². The van der Waals surface area contributed by atoms with E-state index >= 15 is 0 Å². The first-order valence-electron chi connectivity index (χ1n) is 8.70. The molecular formula is C20H21BrClN3O3. The van der Waals surface area contributed by atoms with Gasteiger partial charge >= 0.3 is 0 Å². The Balaban J connectivity index is 1.93. The van der Waals surface area contributed by atoms with Gasteiger partial charge in [-0.15, -0.1) is 0 Å². The molecule has 0 aliphatic rings. The molecule has 8 heteroatoms. The number of benzene rings is 2. The zero-order valence-corrected chi connectivity index (χ0v) is 17.9. The van der Waals surface area contributed by atoms with Crippen molar-refractivity contribution in [1.82, 2.24) is 10.6 Å². The predicted octanol–water partition coefficient (Wildman–Crippen LogP) is 4.00. The first-order valence-corrected chi connectivity index (χ1v) is 9.87. The molecule has 0 aliphatic heterocycles. The number of anilines is 1. The summed E-state index contributed by atoms with van der Waals surface area (Å²) in [6, 6.07) is 11.5. The van der Waals surface area contributed by atoms with Crippen LogP contribution in [-0.4, -0.2) is 30.3 Å². The average molecular weight is 467 g/mol. The molecule has 0 aliphatic carbocycles. The van der Waals surface area contributed by atoms with Gasteiger partial charge in [-0.05, 0) is 56.3 Å². The Morgan fingerprint density at radius 2 is 1.71 bits per heavy atom. The highest BCUT2D eigenvalue weighted by molar-refractivity contribution is 9.10. The fourth-order valence-corrected chi connectivity index (χ4v) is 2.80. The monoisotopic (exact) mass is 465 g/mol. The van der Waals surface area contributed by atoms with Crippen molar-refractivity contribution in [3.8, 4) is 0 Å². The Morgan fingerprint density at radius 1 is 1.04 bits per heavy atom. The van der Waals surface area contributed by atoms with Gasteiger partial charge in [0.1, 0.15) is 0 Å². The highest BCUT2D eigenvalue weighted by Crippen LogP contribution is 2.21. The second-order valence-corrected chi connectivity index (χ2v) is 7.73. The molecule has 3 N–H and O–H groups in total. The van der Waals surface area contributed by atoms with Crippen molar-refractivity contribution in [3.05, 3.63) is 63.1 Å². The third-order valence-corrected chi connectivity index (χ3v) is 4.43. The van der Waals surface area contributed by atoms with Crippen LogP contribution in [0.5, 0.6) is 0 Å². The summed E-state index contributed by atoms with van der Waals surface area (Å²) >= 11 is 9.30. The summed E-state index contributed by atoms with van der Waals surface area (Å²) in [5.41, 5.74) is 1.16. The molecule has 0 saturated heterocycles. The largest absolute Gasteiger partial charge is 0.352 e. The van der Waals surface area contributed by atoms with E-state index in [-0.39, 0.29) is 36.7 Å². The van der Waals surface area contributed by atoms with Crippen LogP contribution in [0.1, 0.15) is 41.0 Å². The minimum Gasteiger partial charge on any atom is -0.352 e. The fraction of sp³-hybridized carbons (Fsp3) is 0.250. The lowest BCUT2D eigenvalue weighted by atomic mass is 10.1. The summed E-state index contributed by atoms with van der Waals surface area (Å²) in [6.07, 6.45) is 0.0556. The number of hydrogen-bond acceptors (Lipinski definition) is 3. The Hall–Kier alpha value is -2.38. The second-order valence-electron chi connectivity index (χ2n) is 6.38. The number of rotatable bonds is 7. The summed E-state index contributed by atoms with van der Waals surface area (Å²) in [6.45, 7) is 3.86. The van der Waals surface area contributed by atoms with Crippen LogP contribution in [-0.2, 0) is 4.79 Å². The zero-order valence-electron chi connectivity index (χ0n) is 15.5. The Bertz CT molecular complexity index is 869. The first kappa shape index (κ1) is 21.9. The molecule has 0 atom stereocenters. The summed E-state index contributed by atoms with van der Waals surface area (Å²) in [5, 5.41) is 8.56. The summed E-state index contributed by atoms with van der Waals surface area (Å²) in [5.74, 6) is -0.900. The molecule has 0 radical (unpaired) electrons. The van der Waals surface area contributed by atoms with Gasteiger partial charge in [0.2, 0.25) is 5.91 Å². The van der Waals surface area contributed by atoms with Gasteiger partial charge in [0.25, 0.3) is 11.8 Å². The third kappa shape index (κ3) is 6.65. The van der Waals surface area contributed by atoms with E-state index < -0.39 is 0 Å². The highest BCUT2D eigenvalue weighted by atomic mass is 79.9. The minimum atomic E-state index is -0.336. The molecule has 0 spiro atoms. The third-order valence-electron chi connectivity index (χ3n) is 3.66. The van der Waals surface area contributed by atoms with Gasteiger partial charge in [0, 0.05) is 34.1 Å². The lowest BCUT2D eigenvalue weighted by Crippen LogP contribution is -2.31. The quantitative estimate of drug-likeness (QED) is 0.576. The smallest absolute Gasteiger partial charge is 0.253 e. The van der Waals surface area contributed by atoms with E-state index in [9.17, 15) is 14.4 Å². The van der Waals surface area contributed by atoms with Crippen molar-refractivity contribution in [1.29, 1.82) is 0 Å². The van der Waals surface area contributed by atoms with Gasteiger partial charge in [0.05, 0.1) is 11.3 Å². The normalized spacial score (nSPS) is 10.5. The number of halogens is 2. The molecule has 0 heterocycles. The maximum atomic E-state index is 12.3. The van der Waals surface area contributed by atoms with Gasteiger partial charge < -0.3 is 16.0 Å². The first-order chi connectivity index (χ1) is 13.3. The highest BCUT2D eigenvalue weighted by Gasteiger charge is 2.15. The van der Waals surface area contributed by atoms with Crippen LogP contribution in [0.25, 0.3) is 0 Å². The molecule has 3 amide bonds. The molecule has 0 aromatic heterocycles.